The number of aromatic nitrogens is 1. The first-order valence-electron chi connectivity index (χ1n) is 6.08. The van der Waals surface area contributed by atoms with Gasteiger partial charge in [0.05, 0.1) is 12.3 Å². The number of rotatable bonds is 7. The second-order valence-electron chi connectivity index (χ2n) is 4.20. The van der Waals surface area contributed by atoms with Gasteiger partial charge >= 0.3 is 0 Å². The summed E-state index contributed by atoms with van der Waals surface area (Å²) in [6.07, 6.45) is 0.944. The highest BCUT2D eigenvalue weighted by Crippen LogP contribution is 2.27. The molecule has 0 radical (unpaired) electrons. The fourth-order valence-electron chi connectivity index (χ4n) is 1.69. The lowest BCUT2D eigenvalue weighted by Gasteiger charge is -2.25. The standard InChI is InChI=1S/C12H23N3OS/c1-5-10-11(8-13)17-12(14-10)15(9(2)3)6-7-16-4/h9H,5-8,13H2,1-4H3. The third-order valence-electron chi connectivity index (χ3n) is 2.69. The molecule has 98 valence electrons. The molecule has 0 spiro atoms. The van der Waals surface area contributed by atoms with E-state index in [1.165, 1.54) is 4.88 Å². The van der Waals surface area contributed by atoms with Crippen LogP contribution in [0.1, 0.15) is 31.3 Å². The quantitative estimate of drug-likeness (QED) is 0.812. The molecule has 0 aliphatic carbocycles. The molecule has 0 aliphatic heterocycles. The molecule has 0 amide bonds. The average molecular weight is 257 g/mol. The molecule has 0 unspecified atom stereocenters. The van der Waals surface area contributed by atoms with Gasteiger partial charge in [-0.25, -0.2) is 4.98 Å². The highest BCUT2D eigenvalue weighted by atomic mass is 32.1. The molecule has 0 fully saturated rings. The zero-order valence-corrected chi connectivity index (χ0v) is 12.0. The fourth-order valence-corrected chi connectivity index (χ4v) is 2.88. The van der Waals surface area contributed by atoms with Gasteiger partial charge in [0.15, 0.2) is 5.13 Å². The minimum Gasteiger partial charge on any atom is -0.383 e. The second-order valence-corrected chi connectivity index (χ2v) is 5.27. The summed E-state index contributed by atoms with van der Waals surface area (Å²) >= 11 is 1.71. The van der Waals surface area contributed by atoms with E-state index in [0.717, 1.165) is 30.4 Å². The van der Waals surface area contributed by atoms with Crippen molar-refractivity contribution in [3.8, 4) is 0 Å². The zero-order valence-electron chi connectivity index (χ0n) is 11.2. The van der Waals surface area contributed by atoms with E-state index in [4.69, 9.17) is 10.5 Å². The third-order valence-corrected chi connectivity index (χ3v) is 3.85. The predicted molar refractivity (Wildman–Crippen MR) is 73.7 cm³/mol. The number of thiazole rings is 1. The molecule has 1 aromatic heterocycles. The molecule has 0 aliphatic rings. The Morgan fingerprint density at radius 1 is 1.47 bits per heavy atom. The summed E-state index contributed by atoms with van der Waals surface area (Å²) in [5.41, 5.74) is 6.88. The van der Waals surface area contributed by atoms with Gasteiger partial charge in [-0.3, -0.25) is 0 Å². The van der Waals surface area contributed by atoms with Gasteiger partial charge in [0, 0.05) is 31.1 Å². The second kappa shape index (κ2) is 6.93. The summed E-state index contributed by atoms with van der Waals surface area (Å²) in [4.78, 5) is 8.15. The van der Waals surface area contributed by atoms with Gasteiger partial charge in [0.1, 0.15) is 0 Å². The van der Waals surface area contributed by atoms with E-state index < -0.39 is 0 Å². The Kier molecular flexibility index (Phi) is 5.88. The van der Waals surface area contributed by atoms with Crippen LogP contribution < -0.4 is 10.6 Å². The summed E-state index contributed by atoms with van der Waals surface area (Å²) < 4.78 is 5.14. The van der Waals surface area contributed by atoms with Crippen molar-refractivity contribution >= 4 is 16.5 Å². The molecule has 1 aromatic rings. The molecule has 0 bridgehead atoms. The Balaban J connectivity index is 2.89. The SMILES string of the molecule is CCc1nc(N(CCOC)C(C)C)sc1CN. The minimum absolute atomic E-state index is 0.423. The van der Waals surface area contributed by atoms with Crippen LogP contribution in [0.5, 0.6) is 0 Å². The van der Waals surface area contributed by atoms with Crippen molar-refractivity contribution < 1.29 is 4.74 Å². The van der Waals surface area contributed by atoms with Crippen molar-refractivity contribution in [1.82, 2.24) is 4.98 Å². The van der Waals surface area contributed by atoms with Crippen LogP contribution >= 0.6 is 11.3 Å². The van der Waals surface area contributed by atoms with Crippen LogP contribution in [0.25, 0.3) is 0 Å². The third kappa shape index (κ3) is 3.66. The van der Waals surface area contributed by atoms with E-state index in [9.17, 15) is 0 Å². The Morgan fingerprint density at radius 3 is 2.59 bits per heavy atom. The minimum atomic E-state index is 0.423. The van der Waals surface area contributed by atoms with Crippen LogP contribution in [0.4, 0.5) is 5.13 Å². The fraction of sp³-hybridized carbons (Fsp3) is 0.750. The number of nitrogens with two attached hydrogens (primary N) is 1. The normalized spacial score (nSPS) is 11.2. The zero-order chi connectivity index (χ0) is 12.8. The van der Waals surface area contributed by atoms with Gasteiger partial charge < -0.3 is 15.4 Å². The number of hydrogen-bond acceptors (Lipinski definition) is 5. The van der Waals surface area contributed by atoms with E-state index in [0.29, 0.717) is 12.6 Å². The number of aryl methyl sites for hydroxylation is 1. The van der Waals surface area contributed by atoms with Crippen LogP contribution in [0.15, 0.2) is 0 Å². The number of nitrogens with zero attached hydrogens (tertiary/aromatic N) is 2. The first-order chi connectivity index (χ1) is 8.13. The lowest BCUT2D eigenvalue weighted by atomic mass is 10.3. The summed E-state index contributed by atoms with van der Waals surface area (Å²) in [5.74, 6) is 0. The summed E-state index contributed by atoms with van der Waals surface area (Å²) in [7, 11) is 1.73. The highest BCUT2D eigenvalue weighted by molar-refractivity contribution is 7.15. The van der Waals surface area contributed by atoms with Gasteiger partial charge in [0.2, 0.25) is 0 Å². The van der Waals surface area contributed by atoms with E-state index in [1.807, 2.05) is 0 Å². The van der Waals surface area contributed by atoms with Crippen LogP contribution in [-0.4, -0.2) is 31.3 Å². The van der Waals surface area contributed by atoms with Gasteiger partial charge in [-0.05, 0) is 20.3 Å². The van der Waals surface area contributed by atoms with Gasteiger partial charge in [-0.2, -0.15) is 0 Å². The van der Waals surface area contributed by atoms with E-state index in [2.05, 4.69) is 30.7 Å². The van der Waals surface area contributed by atoms with Crippen molar-refractivity contribution in [3.05, 3.63) is 10.6 Å². The molecule has 0 saturated carbocycles. The number of anilines is 1. The monoisotopic (exact) mass is 257 g/mol. The van der Waals surface area contributed by atoms with Crippen LogP contribution in [-0.2, 0) is 17.7 Å². The Morgan fingerprint density at radius 2 is 2.18 bits per heavy atom. The lowest BCUT2D eigenvalue weighted by Crippen LogP contribution is -2.33. The number of methoxy groups -OCH3 is 1. The maximum absolute atomic E-state index is 5.74. The van der Waals surface area contributed by atoms with Crippen LogP contribution in [0.3, 0.4) is 0 Å². The smallest absolute Gasteiger partial charge is 0.186 e. The van der Waals surface area contributed by atoms with Gasteiger partial charge in [-0.15, -0.1) is 11.3 Å². The van der Waals surface area contributed by atoms with E-state index in [-0.39, 0.29) is 0 Å². The number of hydrogen-bond donors (Lipinski definition) is 1. The molecule has 2 N–H and O–H groups in total. The average Bonchev–Trinajstić information content (AvgIpc) is 2.72. The number of ether oxygens (including phenoxy) is 1. The summed E-state index contributed by atoms with van der Waals surface area (Å²) in [5, 5.41) is 1.06. The molecule has 1 heterocycles. The molecule has 0 atom stereocenters. The highest BCUT2D eigenvalue weighted by Gasteiger charge is 2.16. The summed E-state index contributed by atoms with van der Waals surface area (Å²) in [6, 6.07) is 0.423. The Hall–Kier alpha value is -0.650. The molecule has 5 heteroatoms. The van der Waals surface area contributed by atoms with Crippen molar-refractivity contribution in [3.63, 3.8) is 0 Å². The first kappa shape index (κ1) is 14.4. The predicted octanol–water partition coefficient (Wildman–Crippen LogP) is 2.03. The first-order valence-corrected chi connectivity index (χ1v) is 6.89. The topological polar surface area (TPSA) is 51.4 Å². The van der Waals surface area contributed by atoms with Crippen molar-refractivity contribution in [1.29, 1.82) is 0 Å². The molecule has 1 rings (SSSR count). The van der Waals surface area contributed by atoms with Crippen LogP contribution in [0.2, 0.25) is 0 Å². The molecule has 0 aromatic carbocycles. The van der Waals surface area contributed by atoms with Crippen molar-refractivity contribution in [2.75, 3.05) is 25.2 Å². The molecular formula is C12H23N3OS. The van der Waals surface area contributed by atoms with Crippen molar-refractivity contribution in [2.24, 2.45) is 5.73 Å². The van der Waals surface area contributed by atoms with E-state index in [1.54, 1.807) is 18.4 Å². The molecule has 17 heavy (non-hydrogen) atoms. The van der Waals surface area contributed by atoms with Gasteiger partial charge in [-0.1, -0.05) is 6.92 Å². The van der Waals surface area contributed by atoms with Gasteiger partial charge in [0.25, 0.3) is 0 Å². The molecule has 0 saturated heterocycles. The maximum Gasteiger partial charge on any atom is 0.186 e. The summed E-state index contributed by atoms with van der Waals surface area (Å²) in [6.45, 7) is 8.63. The van der Waals surface area contributed by atoms with Crippen LogP contribution in [0, 0.1) is 0 Å². The molecule has 4 nitrogen and oxygen atoms in total. The maximum atomic E-state index is 5.74. The Labute approximate surface area is 108 Å². The molecular weight excluding hydrogens is 234 g/mol. The lowest BCUT2D eigenvalue weighted by molar-refractivity contribution is 0.204. The van der Waals surface area contributed by atoms with E-state index >= 15 is 0 Å². The van der Waals surface area contributed by atoms with Crippen molar-refractivity contribution in [2.45, 2.75) is 39.8 Å². The largest absolute Gasteiger partial charge is 0.383 e. The Bertz CT molecular complexity index is 317.